The first-order chi connectivity index (χ1) is 15.7. The number of halogens is 1. The lowest BCUT2D eigenvalue weighted by molar-refractivity contribution is -0.128. The van der Waals surface area contributed by atoms with Crippen molar-refractivity contribution in [2.75, 3.05) is 40.3 Å². The van der Waals surface area contributed by atoms with Crippen LogP contribution in [0.1, 0.15) is 12.1 Å². The molecule has 0 aliphatic carbocycles. The molecule has 1 aromatic heterocycles. The van der Waals surface area contributed by atoms with E-state index < -0.39 is 0 Å². The Bertz CT molecular complexity index is 1030. The molecule has 2 aromatic carbocycles. The van der Waals surface area contributed by atoms with E-state index in [0.29, 0.717) is 25.7 Å². The highest BCUT2D eigenvalue weighted by molar-refractivity contribution is 14.0. The van der Waals surface area contributed by atoms with Crippen LogP contribution < -0.4 is 15.4 Å². The van der Waals surface area contributed by atoms with E-state index in [-0.39, 0.29) is 36.4 Å². The second-order valence-corrected chi connectivity index (χ2v) is 7.45. The number of nitrogens with zero attached hydrogens (tertiary/aromatic N) is 3. The number of hydrogen-bond acceptors (Lipinski definition) is 4. The van der Waals surface area contributed by atoms with E-state index in [0.717, 1.165) is 24.3 Å². The number of benzene rings is 2. The first kappa shape index (κ1) is 26.4. The van der Waals surface area contributed by atoms with Crippen LogP contribution in [0.2, 0.25) is 0 Å². The Morgan fingerprint density at radius 2 is 1.85 bits per heavy atom. The van der Waals surface area contributed by atoms with E-state index >= 15 is 0 Å². The molecule has 0 aliphatic heterocycles. The highest BCUT2D eigenvalue weighted by Gasteiger charge is 2.10. The van der Waals surface area contributed by atoms with Crippen LogP contribution in [0.3, 0.4) is 0 Å². The number of hydrogen-bond donors (Lipinski definition) is 2. The van der Waals surface area contributed by atoms with Crippen LogP contribution in [-0.2, 0) is 11.2 Å². The van der Waals surface area contributed by atoms with Crippen LogP contribution in [0, 0.1) is 0 Å². The minimum absolute atomic E-state index is 0. The second kappa shape index (κ2) is 14.3. The van der Waals surface area contributed by atoms with E-state index in [9.17, 15) is 4.79 Å². The average Bonchev–Trinajstić information content (AvgIpc) is 2.84. The standard InChI is InChI=1S/C25H31N5O2.HI/c1-26-25(29-19-24(31)30(2)16-13-22-10-5-6-14-27-22)28-15-7-17-32-23-12-11-20-8-3-4-9-21(20)18-23;/h3-6,8-12,14,18H,7,13,15-17,19H2,1-2H3,(H2,26,28,29);1H. The smallest absolute Gasteiger partial charge is 0.241 e. The van der Waals surface area contributed by atoms with Gasteiger partial charge in [-0.1, -0.05) is 36.4 Å². The fourth-order valence-electron chi connectivity index (χ4n) is 3.19. The number of guanidine groups is 1. The zero-order chi connectivity index (χ0) is 22.6. The Kier molecular flexibility index (Phi) is 11.4. The van der Waals surface area contributed by atoms with Crippen molar-refractivity contribution in [3.05, 3.63) is 72.6 Å². The van der Waals surface area contributed by atoms with Gasteiger partial charge in [-0.05, 0) is 41.5 Å². The molecular weight excluding hydrogens is 529 g/mol. The van der Waals surface area contributed by atoms with Crippen molar-refractivity contribution >= 4 is 46.6 Å². The molecule has 3 rings (SSSR count). The summed E-state index contributed by atoms with van der Waals surface area (Å²) in [4.78, 5) is 22.5. The summed E-state index contributed by atoms with van der Waals surface area (Å²) in [5.74, 6) is 1.47. The van der Waals surface area contributed by atoms with Gasteiger partial charge < -0.3 is 20.3 Å². The molecule has 176 valence electrons. The SMILES string of the molecule is CN=C(NCCCOc1ccc2ccccc2c1)NCC(=O)N(C)CCc1ccccn1.I. The lowest BCUT2D eigenvalue weighted by Crippen LogP contribution is -2.44. The van der Waals surface area contributed by atoms with E-state index in [4.69, 9.17) is 4.74 Å². The van der Waals surface area contributed by atoms with Crippen LogP contribution in [0.4, 0.5) is 0 Å². The van der Waals surface area contributed by atoms with Gasteiger partial charge in [0, 0.05) is 45.5 Å². The summed E-state index contributed by atoms with van der Waals surface area (Å²) >= 11 is 0. The summed E-state index contributed by atoms with van der Waals surface area (Å²) in [6.07, 6.45) is 3.31. The molecule has 0 aliphatic rings. The Labute approximate surface area is 212 Å². The third kappa shape index (κ3) is 8.88. The number of nitrogens with one attached hydrogen (secondary N) is 2. The van der Waals surface area contributed by atoms with Gasteiger partial charge in [0.15, 0.2) is 5.96 Å². The molecule has 0 fully saturated rings. The number of rotatable bonds is 10. The van der Waals surface area contributed by atoms with Crippen molar-refractivity contribution in [1.82, 2.24) is 20.5 Å². The number of amides is 1. The van der Waals surface area contributed by atoms with Gasteiger partial charge in [0.1, 0.15) is 5.75 Å². The maximum atomic E-state index is 12.4. The van der Waals surface area contributed by atoms with Gasteiger partial charge in [0.05, 0.1) is 13.2 Å². The lowest BCUT2D eigenvalue weighted by atomic mass is 10.1. The predicted molar refractivity (Wildman–Crippen MR) is 144 cm³/mol. The first-order valence-corrected chi connectivity index (χ1v) is 10.9. The molecule has 0 atom stereocenters. The fraction of sp³-hybridized carbons (Fsp3) is 0.320. The summed E-state index contributed by atoms with van der Waals surface area (Å²) in [6.45, 7) is 2.09. The molecule has 33 heavy (non-hydrogen) atoms. The zero-order valence-electron chi connectivity index (χ0n) is 19.2. The summed E-state index contributed by atoms with van der Waals surface area (Å²) in [6, 6.07) is 20.1. The largest absolute Gasteiger partial charge is 0.494 e. The number of carbonyl (C=O) groups is 1. The number of fused-ring (bicyclic) bond motifs is 1. The maximum Gasteiger partial charge on any atom is 0.241 e. The Balaban J connectivity index is 0.00000385. The minimum atomic E-state index is 0. The topological polar surface area (TPSA) is 78.9 Å². The molecule has 0 saturated carbocycles. The predicted octanol–water partition coefficient (Wildman–Crippen LogP) is 3.49. The van der Waals surface area contributed by atoms with Gasteiger partial charge in [0.25, 0.3) is 0 Å². The number of aromatic nitrogens is 1. The molecule has 8 heteroatoms. The van der Waals surface area contributed by atoms with Crippen molar-refractivity contribution in [2.45, 2.75) is 12.8 Å². The molecule has 7 nitrogen and oxygen atoms in total. The molecule has 0 spiro atoms. The van der Waals surface area contributed by atoms with Crippen LogP contribution in [0.5, 0.6) is 5.75 Å². The molecule has 2 N–H and O–H groups in total. The zero-order valence-corrected chi connectivity index (χ0v) is 21.5. The third-order valence-electron chi connectivity index (χ3n) is 5.09. The number of likely N-dealkylation sites (N-methyl/N-ethyl adjacent to an activating group) is 1. The fourth-order valence-corrected chi connectivity index (χ4v) is 3.19. The third-order valence-corrected chi connectivity index (χ3v) is 5.09. The molecule has 0 bridgehead atoms. The van der Waals surface area contributed by atoms with Crippen LogP contribution in [0.25, 0.3) is 10.8 Å². The minimum Gasteiger partial charge on any atom is -0.494 e. The molecule has 1 amide bonds. The van der Waals surface area contributed by atoms with Crippen LogP contribution >= 0.6 is 24.0 Å². The van der Waals surface area contributed by atoms with E-state index in [1.807, 2.05) is 36.4 Å². The van der Waals surface area contributed by atoms with Gasteiger partial charge in [0.2, 0.25) is 5.91 Å². The van der Waals surface area contributed by atoms with Gasteiger partial charge in [-0.25, -0.2) is 0 Å². The van der Waals surface area contributed by atoms with Crippen molar-refractivity contribution < 1.29 is 9.53 Å². The monoisotopic (exact) mass is 561 g/mol. The van der Waals surface area contributed by atoms with Crippen LogP contribution in [0.15, 0.2) is 71.9 Å². The second-order valence-electron chi connectivity index (χ2n) is 7.45. The first-order valence-electron chi connectivity index (χ1n) is 10.9. The number of ether oxygens (including phenoxy) is 1. The number of carbonyl (C=O) groups excluding carboxylic acids is 1. The van der Waals surface area contributed by atoms with Gasteiger partial charge in [-0.15, -0.1) is 24.0 Å². The summed E-state index contributed by atoms with van der Waals surface area (Å²) < 4.78 is 5.86. The van der Waals surface area contributed by atoms with Gasteiger partial charge in [-0.2, -0.15) is 0 Å². The highest BCUT2D eigenvalue weighted by Crippen LogP contribution is 2.20. The normalized spacial score (nSPS) is 10.9. The Morgan fingerprint density at radius 3 is 2.61 bits per heavy atom. The van der Waals surface area contributed by atoms with Gasteiger partial charge >= 0.3 is 0 Å². The number of pyridine rings is 1. The molecule has 0 saturated heterocycles. The Morgan fingerprint density at radius 1 is 1.06 bits per heavy atom. The van der Waals surface area contributed by atoms with Crippen molar-refractivity contribution in [1.29, 1.82) is 0 Å². The molecule has 0 unspecified atom stereocenters. The quantitative estimate of drug-likeness (QED) is 0.172. The van der Waals surface area contributed by atoms with Crippen molar-refractivity contribution in [3.8, 4) is 5.75 Å². The summed E-state index contributed by atoms with van der Waals surface area (Å²) in [5, 5.41) is 8.65. The van der Waals surface area contributed by atoms with E-state index in [1.165, 1.54) is 10.8 Å². The number of aliphatic imine (C=N–C) groups is 1. The van der Waals surface area contributed by atoms with E-state index in [1.54, 1.807) is 25.2 Å². The van der Waals surface area contributed by atoms with Crippen molar-refractivity contribution in [3.63, 3.8) is 0 Å². The van der Waals surface area contributed by atoms with Crippen LogP contribution in [-0.4, -0.2) is 62.1 Å². The lowest BCUT2D eigenvalue weighted by Gasteiger charge is -2.18. The molecule has 1 heterocycles. The molecular formula is C25H32IN5O2. The Hall–Kier alpha value is -2.88. The maximum absolute atomic E-state index is 12.4. The molecule has 3 aromatic rings. The summed E-state index contributed by atoms with van der Waals surface area (Å²) in [7, 11) is 3.49. The summed E-state index contributed by atoms with van der Waals surface area (Å²) in [5.41, 5.74) is 0.975. The average molecular weight is 561 g/mol. The van der Waals surface area contributed by atoms with Crippen molar-refractivity contribution in [2.24, 2.45) is 4.99 Å². The molecule has 0 radical (unpaired) electrons. The highest BCUT2D eigenvalue weighted by atomic mass is 127. The van der Waals surface area contributed by atoms with Gasteiger partial charge in [-0.3, -0.25) is 14.8 Å². The van der Waals surface area contributed by atoms with E-state index in [2.05, 4.69) is 44.9 Å².